The lowest BCUT2D eigenvalue weighted by Crippen LogP contribution is -2.52. The van der Waals surface area contributed by atoms with E-state index in [4.69, 9.17) is 4.74 Å². The third-order valence-corrected chi connectivity index (χ3v) is 5.25. The van der Waals surface area contributed by atoms with Crippen molar-refractivity contribution in [3.8, 4) is 5.75 Å². The quantitative estimate of drug-likeness (QED) is 0.742. The van der Waals surface area contributed by atoms with Crippen LogP contribution in [0.3, 0.4) is 0 Å². The molecule has 1 atom stereocenters. The second-order valence-electron chi connectivity index (χ2n) is 7.24. The van der Waals surface area contributed by atoms with Crippen LogP contribution in [0.2, 0.25) is 0 Å². The predicted octanol–water partition coefficient (Wildman–Crippen LogP) is 3.74. The van der Waals surface area contributed by atoms with E-state index in [1.165, 1.54) is 5.56 Å². The summed E-state index contributed by atoms with van der Waals surface area (Å²) >= 11 is 0. The van der Waals surface area contributed by atoms with Crippen molar-refractivity contribution in [1.82, 2.24) is 9.80 Å². The molecule has 1 N–H and O–H groups in total. The lowest BCUT2D eigenvalue weighted by molar-refractivity contribution is -0.121. The topological polar surface area (TPSA) is 44.8 Å². The molecule has 0 saturated carbocycles. The highest BCUT2D eigenvalue weighted by atomic mass is 16.5. The number of carbonyl (C=O) groups is 1. The first-order valence-electron chi connectivity index (χ1n) is 10.4. The van der Waals surface area contributed by atoms with E-state index in [1.807, 2.05) is 44.2 Å². The number of amides is 1. The van der Waals surface area contributed by atoms with Crippen molar-refractivity contribution in [2.75, 3.05) is 44.6 Å². The minimum Gasteiger partial charge on any atom is -0.492 e. The molecule has 29 heavy (non-hydrogen) atoms. The molecule has 1 aliphatic heterocycles. The maximum Gasteiger partial charge on any atom is 0.241 e. The highest BCUT2D eigenvalue weighted by molar-refractivity contribution is 5.95. The minimum atomic E-state index is -0.174. The lowest BCUT2D eigenvalue weighted by Gasteiger charge is -2.37. The number of anilines is 1. The van der Waals surface area contributed by atoms with Crippen molar-refractivity contribution in [2.45, 2.75) is 19.9 Å². The van der Waals surface area contributed by atoms with Gasteiger partial charge < -0.3 is 10.1 Å². The fourth-order valence-electron chi connectivity index (χ4n) is 3.49. The Morgan fingerprint density at radius 3 is 2.48 bits per heavy atom. The molecular weight excluding hydrogens is 362 g/mol. The first-order valence-corrected chi connectivity index (χ1v) is 10.4. The smallest absolute Gasteiger partial charge is 0.241 e. The van der Waals surface area contributed by atoms with Crippen molar-refractivity contribution in [3.05, 3.63) is 66.2 Å². The van der Waals surface area contributed by atoms with Crippen LogP contribution in [0.1, 0.15) is 19.4 Å². The van der Waals surface area contributed by atoms with Gasteiger partial charge in [-0.3, -0.25) is 14.6 Å². The van der Waals surface area contributed by atoms with E-state index in [0.29, 0.717) is 12.4 Å². The predicted molar refractivity (Wildman–Crippen MR) is 119 cm³/mol. The van der Waals surface area contributed by atoms with E-state index in [2.05, 4.69) is 51.5 Å². The summed E-state index contributed by atoms with van der Waals surface area (Å²) in [5.74, 6) is 0.722. The van der Waals surface area contributed by atoms with Gasteiger partial charge in [-0.25, -0.2) is 0 Å². The van der Waals surface area contributed by atoms with Crippen LogP contribution in [0.15, 0.2) is 60.7 Å². The van der Waals surface area contributed by atoms with Gasteiger partial charge in [-0.2, -0.15) is 0 Å². The van der Waals surface area contributed by atoms with Crippen molar-refractivity contribution in [3.63, 3.8) is 0 Å². The van der Waals surface area contributed by atoms with Crippen molar-refractivity contribution in [2.24, 2.45) is 0 Å². The van der Waals surface area contributed by atoms with Crippen LogP contribution in [-0.4, -0.2) is 61.1 Å². The number of nitrogens with one attached hydrogen (secondary N) is 1. The molecule has 0 aliphatic carbocycles. The molecule has 0 aromatic heterocycles. The van der Waals surface area contributed by atoms with Crippen molar-refractivity contribution in [1.29, 1.82) is 0 Å². The Labute approximate surface area is 174 Å². The number of carbonyl (C=O) groups excluding carboxylic acids is 1. The molecule has 3 rings (SSSR count). The fraction of sp³-hybridized carbons (Fsp3) is 0.375. The second-order valence-corrected chi connectivity index (χ2v) is 7.24. The second kappa shape index (κ2) is 10.8. The van der Waals surface area contributed by atoms with Crippen molar-refractivity contribution >= 4 is 17.7 Å². The van der Waals surface area contributed by atoms with E-state index in [9.17, 15) is 4.79 Å². The Bertz CT molecular complexity index is 799. The molecule has 2 aromatic carbocycles. The molecule has 1 aliphatic rings. The van der Waals surface area contributed by atoms with Gasteiger partial charge in [0.1, 0.15) is 5.75 Å². The summed E-state index contributed by atoms with van der Waals surface area (Å²) in [6.07, 6.45) is 4.38. The number of piperazine rings is 1. The average Bonchev–Trinajstić information content (AvgIpc) is 2.76. The van der Waals surface area contributed by atoms with Gasteiger partial charge in [0, 0.05) is 32.7 Å². The first kappa shape index (κ1) is 21.1. The highest BCUT2D eigenvalue weighted by Crippen LogP contribution is 2.24. The lowest BCUT2D eigenvalue weighted by atomic mass is 10.2. The first-order chi connectivity index (χ1) is 14.2. The molecule has 1 fully saturated rings. The molecule has 0 radical (unpaired) electrons. The molecule has 1 heterocycles. The summed E-state index contributed by atoms with van der Waals surface area (Å²) in [6, 6.07) is 17.8. The Kier molecular flexibility index (Phi) is 7.85. The molecule has 1 saturated heterocycles. The highest BCUT2D eigenvalue weighted by Gasteiger charge is 2.25. The summed E-state index contributed by atoms with van der Waals surface area (Å²) in [4.78, 5) is 17.4. The summed E-state index contributed by atoms with van der Waals surface area (Å²) in [5, 5.41) is 3.03. The molecule has 0 spiro atoms. The average molecular weight is 394 g/mol. The van der Waals surface area contributed by atoms with Crippen LogP contribution in [0.25, 0.3) is 6.08 Å². The number of ether oxygens (including phenoxy) is 1. The van der Waals surface area contributed by atoms with E-state index in [-0.39, 0.29) is 11.9 Å². The zero-order chi connectivity index (χ0) is 20.5. The van der Waals surface area contributed by atoms with Gasteiger partial charge in [0.15, 0.2) is 0 Å². The molecule has 0 bridgehead atoms. The summed E-state index contributed by atoms with van der Waals surface area (Å²) in [6.45, 7) is 9.13. The third-order valence-electron chi connectivity index (χ3n) is 5.25. The summed E-state index contributed by atoms with van der Waals surface area (Å²) < 4.78 is 5.61. The number of hydrogen-bond acceptors (Lipinski definition) is 4. The standard InChI is InChI=1S/C24H31N3O2/c1-3-29-23-14-8-7-13-22(23)25-24(28)20(2)27-18-16-26(17-19-27)15-9-12-21-10-5-4-6-11-21/h4-14,20H,3,15-19H2,1-2H3,(H,25,28)/b12-9+/t20-/m0/s1. The van der Waals surface area contributed by atoms with Crippen LogP contribution in [0.5, 0.6) is 5.75 Å². The monoisotopic (exact) mass is 393 g/mol. The molecular formula is C24H31N3O2. The molecule has 0 unspecified atom stereocenters. The number of para-hydroxylation sites is 2. The number of benzene rings is 2. The van der Waals surface area contributed by atoms with Gasteiger partial charge in [0.2, 0.25) is 5.91 Å². The minimum absolute atomic E-state index is 0.00887. The molecule has 2 aromatic rings. The fourth-order valence-corrected chi connectivity index (χ4v) is 3.49. The normalized spacial score (nSPS) is 16.6. The Morgan fingerprint density at radius 2 is 1.76 bits per heavy atom. The van der Waals surface area contributed by atoms with Crippen LogP contribution in [0.4, 0.5) is 5.69 Å². The van der Waals surface area contributed by atoms with Gasteiger partial charge in [-0.1, -0.05) is 54.6 Å². The third kappa shape index (κ3) is 6.17. The summed E-state index contributed by atoms with van der Waals surface area (Å²) in [5.41, 5.74) is 1.96. The van der Waals surface area contributed by atoms with Crippen LogP contribution >= 0.6 is 0 Å². The largest absolute Gasteiger partial charge is 0.492 e. The van der Waals surface area contributed by atoms with E-state index < -0.39 is 0 Å². The van der Waals surface area contributed by atoms with Crippen LogP contribution < -0.4 is 10.1 Å². The molecule has 5 nitrogen and oxygen atoms in total. The maximum atomic E-state index is 12.7. The van der Waals surface area contributed by atoms with Gasteiger partial charge in [-0.05, 0) is 31.5 Å². The van der Waals surface area contributed by atoms with Gasteiger partial charge in [0.05, 0.1) is 18.3 Å². The van der Waals surface area contributed by atoms with E-state index in [0.717, 1.165) is 38.4 Å². The molecule has 154 valence electrons. The number of hydrogen-bond donors (Lipinski definition) is 1. The SMILES string of the molecule is CCOc1ccccc1NC(=O)[C@H](C)N1CCN(C/C=C/c2ccccc2)CC1. The number of nitrogens with zero attached hydrogens (tertiary/aromatic N) is 2. The van der Waals surface area contributed by atoms with Gasteiger partial charge in [-0.15, -0.1) is 0 Å². The molecule has 1 amide bonds. The van der Waals surface area contributed by atoms with Crippen LogP contribution in [-0.2, 0) is 4.79 Å². The van der Waals surface area contributed by atoms with E-state index >= 15 is 0 Å². The maximum absolute atomic E-state index is 12.7. The zero-order valence-corrected chi connectivity index (χ0v) is 17.4. The number of rotatable bonds is 8. The van der Waals surface area contributed by atoms with Gasteiger partial charge >= 0.3 is 0 Å². The Morgan fingerprint density at radius 1 is 1.07 bits per heavy atom. The van der Waals surface area contributed by atoms with Crippen molar-refractivity contribution < 1.29 is 9.53 Å². The Balaban J connectivity index is 1.46. The summed E-state index contributed by atoms with van der Waals surface area (Å²) in [7, 11) is 0. The van der Waals surface area contributed by atoms with Gasteiger partial charge in [0.25, 0.3) is 0 Å². The molecule has 5 heteroatoms. The zero-order valence-electron chi connectivity index (χ0n) is 17.4. The Hall–Kier alpha value is -2.63. The van der Waals surface area contributed by atoms with E-state index in [1.54, 1.807) is 0 Å². The van der Waals surface area contributed by atoms with Crippen LogP contribution in [0, 0.1) is 0 Å².